The number of methoxy groups -OCH3 is 1. The summed E-state index contributed by atoms with van der Waals surface area (Å²) in [4.78, 5) is 49.7. The van der Waals surface area contributed by atoms with E-state index in [0.717, 1.165) is 6.42 Å². The van der Waals surface area contributed by atoms with Crippen LogP contribution in [0.15, 0.2) is 18.2 Å². The average Bonchev–Trinajstić information content (AvgIpc) is 2.88. The Morgan fingerprint density at radius 2 is 1.35 bits per heavy atom. The molecule has 0 saturated carbocycles. The van der Waals surface area contributed by atoms with Crippen molar-refractivity contribution in [2.24, 2.45) is 11.7 Å². The topological polar surface area (TPSA) is 150 Å². The summed E-state index contributed by atoms with van der Waals surface area (Å²) in [6.45, 7) is 12.7. The van der Waals surface area contributed by atoms with Crippen LogP contribution in [0.4, 0.5) is 9.59 Å². The molecule has 11 heteroatoms. The Morgan fingerprint density at radius 3 is 1.85 bits per heavy atom. The summed E-state index contributed by atoms with van der Waals surface area (Å²) in [7, 11) is 1.21. The van der Waals surface area contributed by atoms with Gasteiger partial charge in [0, 0.05) is 19.3 Å². The van der Waals surface area contributed by atoms with Gasteiger partial charge >= 0.3 is 24.2 Å². The van der Waals surface area contributed by atoms with Crippen molar-refractivity contribution in [1.82, 2.24) is 0 Å². The standard InChI is InChI=1S/C29H45NO10/c1-9-18(4)14-25(31)36-21(7)16-29(30,26(32)35-8)17-22-12-13-23(39-27(33)37-19(5)10-2)24(15-22)40-28(34)38-20(6)11-3/h12-13,15,18-21H,9-11,14,16-17,30H2,1-8H3/t18?,19-,20?,21?,29+/m0/s1. The number of benzene rings is 1. The minimum Gasteiger partial charge on any atom is -0.468 e. The lowest BCUT2D eigenvalue weighted by Crippen LogP contribution is -2.53. The van der Waals surface area contributed by atoms with E-state index in [0.29, 0.717) is 18.4 Å². The maximum Gasteiger partial charge on any atom is 0.514 e. The van der Waals surface area contributed by atoms with Gasteiger partial charge in [-0.05, 0) is 57.2 Å². The molecule has 0 radical (unpaired) electrons. The molecule has 0 fully saturated rings. The first-order chi connectivity index (χ1) is 18.8. The van der Waals surface area contributed by atoms with E-state index in [1.54, 1.807) is 26.8 Å². The monoisotopic (exact) mass is 567 g/mol. The van der Waals surface area contributed by atoms with Crippen molar-refractivity contribution in [3.8, 4) is 11.5 Å². The Balaban J connectivity index is 3.24. The smallest absolute Gasteiger partial charge is 0.468 e. The molecule has 0 heterocycles. The molecule has 0 aliphatic rings. The summed E-state index contributed by atoms with van der Waals surface area (Å²) in [6.07, 6.45) is -1.31. The van der Waals surface area contributed by atoms with Gasteiger partial charge < -0.3 is 34.2 Å². The first-order valence-electron chi connectivity index (χ1n) is 13.7. The summed E-state index contributed by atoms with van der Waals surface area (Å²) in [5.74, 6) is -1.15. The summed E-state index contributed by atoms with van der Waals surface area (Å²) in [6, 6.07) is 4.36. The van der Waals surface area contributed by atoms with E-state index in [-0.39, 0.29) is 48.8 Å². The molecule has 0 aliphatic carbocycles. The fourth-order valence-electron chi connectivity index (χ4n) is 3.60. The molecule has 226 valence electrons. The fourth-order valence-corrected chi connectivity index (χ4v) is 3.60. The van der Waals surface area contributed by atoms with E-state index in [9.17, 15) is 19.2 Å². The SMILES string of the molecule is CCC(C)CC(=O)OC(C)C[C@@](N)(Cc1ccc(OC(=O)O[C@@H](C)CC)c(OC(=O)OC(C)CC)c1)C(=O)OC. The van der Waals surface area contributed by atoms with Gasteiger partial charge in [0.15, 0.2) is 11.5 Å². The van der Waals surface area contributed by atoms with E-state index < -0.39 is 36.0 Å². The van der Waals surface area contributed by atoms with Crippen LogP contribution >= 0.6 is 0 Å². The van der Waals surface area contributed by atoms with Gasteiger partial charge in [0.1, 0.15) is 23.9 Å². The van der Waals surface area contributed by atoms with Gasteiger partial charge in [-0.25, -0.2) is 9.59 Å². The van der Waals surface area contributed by atoms with Crippen LogP contribution in [0.25, 0.3) is 0 Å². The lowest BCUT2D eigenvalue weighted by Gasteiger charge is -2.29. The highest BCUT2D eigenvalue weighted by molar-refractivity contribution is 5.81. The first kappa shape index (κ1) is 34.7. The lowest BCUT2D eigenvalue weighted by atomic mass is 9.86. The summed E-state index contributed by atoms with van der Waals surface area (Å²) < 4.78 is 31.4. The van der Waals surface area contributed by atoms with Gasteiger partial charge in [-0.3, -0.25) is 9.59 Å². The normalized spacial score (nSPS) is 15.4. The van der Waals surface area contributed by atoms with Crippen LogP contribution in [0.2, 0.25) is 0 Å². The third kappa shape index (κ3) is 11.8. The Labute approximate surface area is 236 Å². The Bertz CT molecular complexity index is 997. The van der Waals surface area contributed by atoms with Gasteiger partial charge in [-0.2, -0.15) is 0 Å². The van der Waals surface area contributed by atoms with Crippen LogP contribution in [0, 0.1) is 5.92 Å². The fraction of sp³-hybridized carbons (Fsp3) is 0.655. The highest BCUT2D eigenvalue weighted by atomic mass is 16.7. The molecule has 1 rings (SSSR count). The number of nitrogens with two attached hydrogens (primary N) is 1. The second kappa shape index (κ2) is 16.7. The molecular weight excluding hydrogens is 522 g/mol. The van der Waals surface area contributed by atoms with E-state index in [2.05, 4.69) is 0 Å². The Kier molecular flexibility index (Phi) is 14.5. The van der Waals surface area contributed by atoms with Crippen molar-refractivity contribution in [3.05, 3.63) is 23.8 Å². The molecular formula is C29H45NO10. The Morgan fingerprint density at radius 1 is 0.800 bits per heavy atom. The van der Waals surface area contributed by atoms with E-state index in [4.69, 9.17) is 34.2 Å². The number of ether oxygens (including phenoxy) is 6. The first-order valence-corrected chi connectivity index (χ1v) is 13.7. The molecule has 11 nitrogen and oxygen atoms in total. The second-order valence-corrected chi connectivity index (χ2v) is 10.2. The average molecular weight is 568 g/mol. The zero-order valence-electron chi connectivity index (χ0n) is 24.9. The van der Waals surface area contributed by atoms with Crippen LogP contribution < -0.4 is 15.2 Å². The van der Waals surface area contributed by atoms with Gasteiger partial charge in [0.05, 0.1) is 7.11 Å². The second-order valence-electron chi connectivity index (χ2n) is 10.2. The van der Waals surface area contributed by atoms with Crippen molar-refractivity contribution in [1.29, 1.82) is 0 Å². The van der Waals surface area contributed by atoms with E-state index in [1.807, 2.05) is 27.7 Å². The van der Waals surface area contributed by atoms with Crippen LogP contribution in [0.1, 0.15) is 86.1 Å². The summed E-state index contributed by atoms with van der Waals surface area (Å²) in [5.41, 5.74) is 5.38. The third-order valence-corrected chi connectivity index (χ3v) is 6.45. The van der Waals surface area contributed by atoms with Gasteiger partial charge in [0.25, 0.3) is 0 Å². The number of rotatable bonds is 15. The number of hydrogen-bond acceptors (Lipinski definition) is 11. The lowest BCUT2D eigenvalue weighted by molar-refractivity contribution is -0.155. The zero-order chi connectivity index (χ0) is 30.5. The van der Waals surface area contributed by atoms with E-state index in [1.165, 1.54) is 19.2 Å². The van der Waals surface area contributed by atoms with Crippen molar-refractivity contribution in [2.75, 3.05) is 7.11 Å². The molecule has 0 aliphatic heterocycles. The van der Waals surface area contributed by atoms with Crippen LogP contribution in [0.3, 0.4) is 0 Å². The summed E-state index contributed by atoms with van der Waals surface area (Å²) in [5, 5.41) is 0. The predicted octanol–water partition coefficient (Wildman–Crippen LogP) is 5.49. The molecule has 5 atom stereocenters. The molecule has 1 aromatic carbocycles. The largest absolute Gasteiger partial charge is 0.514 e. The highest BCUT2D eigenvalue weighted by Crippen LogP contribution is 2.32. The zero-order valence-corrected chi connectivity index (χ0v) is 24.9. The molecule has 0 saturated heterocycles. The molecule has 1 aromatic rings. The Hall–Kier alpha value is -3.34. The summed E-state index contributed by atoms with van der Waals surface area (Å²) >= 11 is 0. The van der Waals surface area contributed by atoms with Crippen molar-refractivity contribution in [3.63, 3.8) is 0 Å². The number of carbonyl (C=O) groups is 4. The van der Waals surface area contributed by atoms with E-state index >= 15 is 0 Å². The highest BCUT2D eigenvalue weighted by Gasteiger charge is 2.38. The van der Waals surface area contributed by atoms with Crippen LogP contribution in [-0.4, -0.2) is 55.2 Å². The van der Waals surface area contributed by atoms with Gasteiger partial charge in [-0.1, -0.05) is 40.2 Å². The maximum atomic E-state index is 12.8. The molecule has 0 aromatic heterocycles. The third-order valence-electron chi connectivity index (χ3n) is 6.45. The minimum absolute atomic E-state index is 0.0301. The molecule has 3 unspecified atom stereocenters. The predicted molar refractivity (Wildman–Crippen MR) is 147 cm³/mol. The molecule has 0 amide bonds. The quantitative estimate of drug-likeness (QED) is 0.163. The molecule has 40 heavy (non-hydrogen) atoms. The van der Waals surface area contributed by atoms with Crippen molar-refractivity contribution >= 4 is 24.2 Å². The molecule has 0 bridgehead atoms. The van der Waals surface area contributed by atoms with Crippen LogP contribution in [0.5, 0.6) is 11.5 Å². The number of hydrogen-bond donors (Lipinski definition) is 1. The number of carbonyl (C=O) groups excluding carboxylic acids is 4. The number of esters is 2. The van der Waals surface area contributed by atoms with Gasteiger partial charge in [-0.15, -0.1) is 0 Å². The van der Waals surface area contributed by atoms with Crippen LogP contribution in [-0.2, 0) is 35.0 Å². The molecule has 0 spiro atoms. The maximum absolute atomic E-state index is 12.8. The molecule has 2 N–H and O–H groups in total. The van der Waals surface area contributed by atoms with Crippen molar-refractivity contribution < 1.29 is 47.6 Å². The van der Waals surface area contributed by atoms with Gasteiger partial charge in [0.2, 0.25) is 0 Å². The van der Waals surface area contributed by atoms with Crippen molar-refractivity contribution in [2.45, 2.75) is 111 Å². The minimum atomic E-state index is -1.59.